The van der Waals surface area contributed by atoms with Crippen molar-refractivity contribution in [3.8, 4) is 0 Å². The SMILES string of the molecule is CC(C)(C)OC(=O)N[C@@H](CC(=O)N[C@H](CC(=O)N[C@@H](CC(=O)N[C@H](CC(=O)O)[C@H]1O[C@@H](c2ccc(F)cc2F)[C@H]2OC(C)(C)O[C@@H]12)[C@H]1O[C@@H](c2ccc(F)cc2F)[C@H]2OC(C)(C)O[C@@H]12)[C@H]1O[C@@H](c2ccc(F)cc2F)[C@H]2OC(C)(C)O[C@@H]12)[C@H]1O[C@@H](c2ccc(F)cc2F)[C@H]2OC(C)(C)O[C@@H]12. The maximum atomic E-state index is 16.0. The molecule has 4 amide bonds. The van der Waals surface area contributed by atoms with E-state index in [-0.39, 0.29) is 22.3 Å². The van der Waals surface area contributed by atoms with Crippen LogP contribution in [-0.2, 0) is 80.8 Å². The molecule has 8 saturated heterocycles. The summed E-state index contributed by atoms with van der Waals surface area (Å²) >= 11 is 0. The van der Waals surface area contributed by atoms with Gasteiger partial charge in [0.2, 0.25) is 17.7 Å². The maximum Gasteiger partial charge on any atom is 0.407 e. The fourth-order valence-electron chi connectivity index (χ4n) is 14.8. The third-order valence-electron chi connectivity index (χ3n) is 18.4. The predicted octanol–water partition coefficient (Wildman–Crippen LogP) is 8.73. The van der Waals surface area contributed by atoms with Gasteiger partial charge in [-0.3, -0.25) is 19.2 Å². The molecular weight excluding hydrogens is 1340 g/mol. The van der Waals surface area contributed by atoms with E-state index in [1.54, 1.807) is 48.5 Å². The molecule has 4 aromatic rings. The van der Waals surface area contributed by atoms with E-state index in [1.807, 2.05) is 0 Å². The molecule has 0 saturated carbocycles. The Kier molecular flexibility index (Phi) is 19.9. The number of carbonyl (C=O) groups is 5. The minimum atomic E-state index is -1.63. The second-order valence-electron chi connectivity index (χ2n) is 29.0. The molecule has 23 nitrogen and oxygen atoms in total. The maximum absolute atomic E-state index is 16.0. The van der Waals surface area contributed by atoms with E-state index in [1.165, 1.54) is 27.7 Å². The fourth-order valence-corrected chi connectivity index (χ4v) is 14.8. The van der Waals surface area contributed by atoms with Crippen molar-refractivity contribution in [2.45, 2.75) is 252 Å². The lowest BCUT2D eigenvalue weighted by Gasteiger charge is -2.33. The lowest BCUT2D eigenvalue weighted by Crippen LogP contribution is -2.56. The molecule has 31 heteroatoms. The van der Waals surface area contributed by atoms with E-state index >= 15 is 31.9 Å². The van der Waals surface area contributed by atoms with Gasteiger partial charge in [-0.2, -0.15) is 0 Å². The van der Waals surface area contributed by atoms with Gasteiger partial charge >= 0.3 is 12.1 Å². The van der Waals surface area contributed by atoms with Gasteiger partial charge < -0.3 is 88.0 Å². The van der Waals surface area contributed by atoms with E-state index in [4.69, 9.17) is 61.6 Å². The quantitative estimate of drug-likeness (QED) is 0.0517. The molecule has 5 N–H and O–H groups in total. The highest BCUT2D eigenvalue weighted by atomic mass is 19.2. The number of nitrogens with one attached hydrogen (secondary N) is 4. The average Bonchev–Trinajstić information content (AvgIpc) is 1.62. The van der Waals surface area contributed by atoms with Crippen LogP contribution in [-0.4, -0.2) is 161 Å². The highest BCUT2D eigenvalue weighted by Crippen LogP contribution is 2.52. The van der Waals surface area contributed by atoms with Crippen LogP contribution in [0.4, 0.5) is 39.9 Å². The van der Waals surface area contributed by atoms with Gasteiger partial charge in [-0.05, 0) is 100 Å². The second kappa shape index (κ2) is 27.3. The molecule has 0 aromatic heterocycles. The zero-order valence-corrected chi connectivity index (χ0v) is 56.1. The molecule has 20 atom stereocenters. The normalized spacial score (nSPS) is 32.2. The van der Waals surface area contributed by atoms with Crippen LogP contribution in [0, 0.1) is 46.5 Å². The molecule has 12 rings (SSSR count). The first-order valence-corrected chi connectivity index (χ1v) is 32.7. The van der Waals surface area contributed by atoms with Crippen molar-refractivity contribution < 1.29 is 126 Å². The number of hydrogen-bond acceptors (Lipinski definition) is 18. The largest absolute Gasteiger partial charge is 0.481 e. The van der Waals surface area contributed by atoms with Crippen LogP contribution < -0.4 is 21.3 Å². The van der Waals surface area contributed by atoms with E-state index in [0.717, 1.165) is 48.5 Å². The van der Waals surface area contributed by atoms with Crippen LogP contribution in [0.5, 0.6) is 0 Å². The van der Waals surface area contributed by atoms with Crippen LogP contribution in [0.2, 0.25) is 0 Å². The molecule has 0 bridgehead atoms. The summed E-state index contributed by atoms with van der Waals surface area (Å²) in [5, 5.41) is 21.4. The van der Waals surface area contributed by atoms with Crippen LogP contribution in [0.3, 0.4) is 0 Å². The first kappa shape index (κ1) is 72.8. The predicted molar refractivity (Wildman–Crippen MR) is 326 cm³/mol. The molecular formula is C69H78F8N4O19. The Morgan fingerprint density at radius 3 is 0.850 bits per heavy atom. The summed E-state index contributed by atoms with van der Waals surface area (Å²) in [5.74, 6) is -17.9. The Morgan fingerprint density at radius 2 is 0.620 bits per heavy atom. The Bertz CT molecular complexity index is 3810. The Hall–Kier alpha value is -7.01. The third kappa shape index (κ3) is 15.5. The van der Waals surface area contributed by atoms with E-state index < -0.39 is 253 Å². The number of rotatable bonds is 20. The van der Waals surface area contributed by atoms with Gasteiger partial charge in [-0.15, -0.1) is 0 Å². The van der Waals surface area contributed by atoms with Crippen LogP contribution in [0.1, 0.15) is 149 Å². The number of hydrogen-bond donors (Lipinski definition) is 5. The Labute approximate surface area is 569 Å². The summed E-state index contributed by atoms with van der Waals surface area (Å²) < 4.78 is 203. The molecule has 544 valence electrons. The van der Waals surface area contributed by atoms with Crippen molar-refractivity contribution >= 4 is 29.8 Å². The highest BCUT2D eigenvalue weighted by molar-refractivity contribution is 5.83. The van der Waals surface area contributed by atoms with Crippen molar-refractivity contribution in [2.24, 2.45) is 0 Å². The van der Waals surface area contributed by atoms with E-state index in [0.29, 0.717) is 24.3 Å². The fraction of sp³-hybridized carbons (Fsp3) is 0.580. The number of carboxylic acid groups (broad SMARTS) is 1. The summed E-state index contributed by atoms with van der Waals surface area (Å²) in [4.78, 5) is 72.6. The number of carbonyl (C=O) groups excluding carboxylic acids is 4. The molecule has 8 aliphatic rings. The molecule has 0 radical (unpaired) electrons. The standard InChI is InChI=1S/C69H78F8N4O19/c1-65(2,3)100-64(87)81-42(54-62-58(94-68(8,9)98-62)50(90-54)34-18-14-30(72)22-38(34)76)26-46(84)79-40(52-60-56(92-66(4,5)96-60)48(88-52)32-16-12-28(70)20-36(32)74)24-44(82)78-41(53-61-57(93-67(6,7)97-61)49(89-53)33-17-13-29(71)21-37(33)75)25-45(83)80-43(27-47(85)86)55-63-59(95-69(10,11)99-63)51(91-55)35-19-15-31(73)23-39(35)77/h12-23,40-43,48-63H,24-27H2,1-11H3,(H,78,82)(H,79,84)(H,80,83)(H,81,87)(H,85,86)/t40-,41+,42+,43-,48+,49+,50+,51+,52-,53-,54-,55-,56-,57-,58-,59-,60+,61+,62+,63+/m1/s1. The van der Waals surface area contributed by atoms with Crippen LogP contribution in [0.25, 0.3) is 0 Å². The number of amides is 4. The number of alkyl carbamates (subject to hydrolysis) is 1. The van der Waals surface area contributed by atoms with Gasteiger partial charge in [0.05, 0.1) is 30.6 Å². The lowest BCUT2D eigenvalue weighted by molar-refractivity contribution is -0.192. The molecule has 0 unspecified atom stereocenters. The van der Waals surface area contributed by atoms with Crippen LogP contribution >= 0.6 is 0 Å². The minimum Gasteiger partial charge on any atom is -0.481 e. The summed E-state index contributed by atoms with van der Waals surface area (Å²) in [6.45, 7) is 17.1. The van der Waals surface area contributed by atoms with Gasteiger partial charge in [0, 0.05) is 65.8 Å². The van der Waals surface area contributed by atoms with Crippen LogP contribution in [0.15, 0.2) is 72.8 Å². The molecule has 100 heavy (non-hydrogen) atoms. The number of fused-ring (bicyclic) bond motifs is 4. The number of halogens is 8. The highest BCUT2D eigenvalue weighted by Gasteiger charge is 2.63. The van der Waals surface area contributed by atoms with Gasteiger partial charge in [-0.25, -0.2) is 39.9 Å². The summed E-state index contributed by atoms with van der Waals surface area (Å²) in [6.07, 6.45) is -25.3. The molecule has 4 aromatic carbocycles. The second-order valence-corrected chi connectivity index (χ2v) is 29.0. The minimum absolute atomic E-state index is 0.148. The lowest BCUT2D eigenvalue weighted by atomic mass is 9.94. The van der Waals surface area contributed by atoms with Crippen molar-refractivity contribution in [3.05, 3.63) is 142 Å². The first-order valence-electron chi connectivity index (χ1n) is 32.7. The van der Waals surface area contributed by atoms with Crippen molar-refractivity contribution in [2.75, 3.05) is 0 Å². The average molecular weight is 1420 g/mol. The van der Waals surface area contributed by atoms with Gasteiger partial charge in [0.25, 0.3) is 0 Å². The smallest absolute Gasteiger partial charge is 0.407 e. The molecule has 8 aliphatic heterocycles. The number of ether oxygens (including phenoxy) is 13. The Morgan fingerprint density at radius 1 is 0.390 bits per heavy atom. The molecule has 8 heterocycles. The van der Waals surface area contributed by atoms with E-state index in [9.17, 15) is 32.3 Å². The van der Waals surface area contributed by atoms with E-state index in [2.05, 4.69) is 21.3 Å². The zero-order chi connectivity index (χ0) is 72.2. The van der Waals surface area contributed by atoms with Crippen molar-refractivity contribution in [1.82, 2.24) is 21.3 Å². The van der Waals surface area contributed by atoms with Gasteiger partial charge in [-0.1, -0.05) is 24.3 Å². The molecule has 0 spiro atoms. The van der Waals surface area contributed by atoms with Crippen molar-refractivity contribution in [1.29, 1.82) is 0 Å². The van der Waals surface area contributed by atoms with Gasteiger partial charge in [0.15, 0.2) is 23.1 Å². The number of carboxylic acids is 1. The summed E-state index contributed by atoms with van der Waals surface area (Å²) in [5.41, 5.74) is -1.86. The summed E-state index contributed by atoms with van der Waals surface area (Å²) in [6, 6.07) is 4.68. The zero-order valence-electron chi connectivity index (χ0n) is 56.1. The number of aliphatic carboxylic acids is 1. The Balaban J connectivity index is 0.894. The first-order chi connectivity index (χ1) is 46.8. The third-order valence-corrected chi connectivity index (χ3v) is 18.4. The molecule has 8 fully saturated rings. The topological polar surface area (TPSA) is 274 Å². The monoisotopic (exact) mass is 1420 g/mol. The number of benzene rings is 4. The summed E-state index contributed by atoms with van der Waals surface area (Å²) in [7, 11) is 0. The van der Waals surface area contributed by atoms with Gasteiger partial charge in [0.1, 0.15) is 150 Å². The molecule has 0 aliphatic carbocycles. The van der Waals surface area contributed by atoms with Crippen molar-refractivity contribution in [3.63, 3.8) is 0 Å².